The van der Waals surface area contributed by atoms with Crippen LogP contribution in [0.15, 0.2) is 47.1 Å². The molecule has 1 atom stereocenters. The van der Waals surface area contributed by atoms with Gasteiger partial charge in [-0.05, 0) is 37.2 Å². The molecule has 2 heterocycles. The molecule has 1 N–H and O–H groups in total. The van der Waals surface area contributed by atoms with E-state index < -0.39 is 0 Å². The van der Waals surface area contributed by atoms with Crippen LogP contribution in [-0.2, 0) is 0 Å². The third-order valence-electron chi connectivity index (χ3n) is 4.43. The summed E-state index contributed by atoms with van der Waals surface area (Å²) in [6.07, 6.45) is 2.39. The van der Waals surface area contributed by atoms with Gasteiger partial charge in [0.1, 0.15) is 0 Å². The Balaban J connectivity index is 0.00000225. The molecule has 2 amide bonds. The molecule has 7 heteroatoms. The molecule has 1 saturated heterocycles. The minimum atomic E-state index is -0.287. The van der Waals surface area contributed by atoms with Gasteiger partial charge in [0.05, 0.1) is 17.5 Å². The summed E-state index contributed by atoms with van der Waals surface area (Å²) in [5, 5.41) is 3.26. The molecule has 0 radical (unpaired) electrons. The van der Waals surface area contributed by atoms with Gasteiger partial charge in [0.15, 0.2) is 5.76 Å². The van der Waals surface area contributed by atoms with Crippen molar-refractivity contribution in [3.05, 3.63) is 54.0 Å². The number of carbonyl (C=O) groups is 2. The quantitative estimate of drug-likeness (QED) is 0.906. The first-order valence-corrected chi connectivity index (χ1v) is 7.98. The van der Waals surface area contributed by atoms with Crippen molar-refractivity contribution in [2.75, 3.05) is 32.1 Å². The van der Waals surface area contributed by atoms with Gasteiger partial charge >= 0.3 is 0 Å². The maximum atomic E-state index is 12.9. The van der Waals surface area contributed by atoms with E-state index in [0.29, 0.717) is 11.3 Å². The average molecular weight is 364 g/mol. The molecule has 134 valence electrons. The van der Waals surface area contributed by atoms with Gasteiger partial charge in [0, 0.05) is 26.7 Å². The van der Waals surface area contributed by atoms with Crippen LogP contribution in [0.1, 0.15) is 27.3 Å². The zero-order valence-corrected chi connectivity index (χ0v) is 15.1. The summed E-state index contributed by atoms with van der Waals surface area (Å²) in [5.74, 6) is -0.128. The number of hydrogen-bond donors (Lipinski definition) is 1. The van der Waals surface area contributed by atoms with Crippen LogP contribution >= 0.6 is 12.4 Å². The van der Waals surface area contributed by atoms with Crippen LogP contribution in [-0.4, -0.2) is 49.9 Å². The Morgan fingerprint density at radius 3 is 2.52 bits per heavy atom. The van der Waals surface area contributed by atoms with Gasteiger partial charge in [-0.2, -0.15) is 0 Å². The SMILES string of the molecule is CN(C(=O)c1ccco1)c1ccccc1C(=O)N(C)C1CCNC1.Cl. The van der Waals surface area contributed by atoms with Crippen molar-refractivity contribution >= 4 is 29.9 Å². The molecule has 0 spiro atoms. The van der Waals surface area contributed by atoms with Gasteiger partial charge in [-0.15, -0.1) is 12.4 Å². The number of anilines is 1. The van der Waals surface area contributed by atoms with Crippen LogP contribution in [0.4, 0.5) is 5.69 Å². The lowest BCUT2D eigenvalue weighted by molar-refractivity contribution is 0.0744. The number of likely N-dealkylation sites (N-methyl/N-ethyl adjacent to an activating group) is 1. The number of amides is 2. The summed E-state index contributed by atoms with van der Waals surface area (Å²) in [6, 6.07) is 10.6. The molecule has 25 heavy (non-hydrogen) atoms. The molecule has 0 bridgehead atoms. The van der Waals surface area contributed by atoms with Crippen molar-refractivity contribution in [1.29, 1.82) is 0 Å². The van der Waals surface area contributed by atoms with E-state index in [1.54, 1.807) is 36.2 Å². The van der Waals surface area contributed by atoms with Crippen molar-refractivity contribution < 1.29 is 14.0 Å². The molecule has 1 aliphatic heterocycles. The van der Waals surface area contributed by atoms with Crippen molar-refractivity contribution in [3.8, 4) is 0 Å². The number of carbonyl (C=O) groups excluding carboxylic acids is 2. The third kappa shape index (κ3) is 3.86. The second-order valence-corrected chi connectivity index (χ2v) is 5.92. The van der Waals surface area contributed by atoms with Crippen molar-refractivity contribution in [3.63, 3.8) is 0 Å². The minimum Gasteiger partial charge on any atom is -0.459 e. The second kappa shape index (κ2) is 8.18. The van der Waals surface area contributed by atoms with E-state index in [9.17, 15) is 9.59 Å². The number of rotatable bonds is 4. The summed E-state index contributed by atoms with van der Waals surface area (Å²) >= 11 is 0. The van der Waals surface area contributed by atoms with Gasteiger partial charge in [-0.25, -0.2) is 0 Å². The maximum absolute atomic E-state index is 12.9. The lowest BCUT2D eigenvalue weighted by atomic mass is 10.1. The zero-order valence-electron chi connectivity index (χ0n) is 14.3. The highest BCUT2D eigenvalue weighted by Gasteiger charge is 2.27. The first-order chi connectivity index (χ1) is 11.6. The van der Waals surface area contributed by atoms with E-state index in [1.165, 1.54) is 11.2 Å². The van der Waals surface area contributed by atoms with Gasteiger partial charge in [-0.1, -0.05) is 12.1 Å². The monoisotopic (exact) mass is 363 g/mol. The van der Waals surface area contributed by atoms with E-state index in [-0.39, 0.29) is 36.0 Å². The Hall–Kier alpha value is -2.31. The molecule has 3 rings (SSSR count). The Kier molecular flexibility index (Phi) is 6.22. The van der Waals surface area contributed by atoms with Gasteiger partial charge in [0.25, 0.3) is 11.8 Å². The number of furan rings is 1. The Bertz CT molecular complexity index is 727. The highest BCUT2D eigenvalue weighted by Crippen LogP contribution is 2.23. The summed E-state index contributed by atoms with van der Waals surface area (Å²) < 4.78 is 5.17. The summed E-state index contributed by atoms with van der Waals surface area (Å²) in [5.41, 5.74) is 1.08. The fourth-order valence-corrected chi connectivity index (χ4v) is 2.95. The zero-order chi connectivity index (χ0) is 17.1. The van der Waals surface area contributed by atoms with Crippen molar-refractivity contribution in [2.24, 2.45) is 0 Å². The summed E-state index contributed by atoms with van der Waals surface area (Å²) in [4.78, 5) is 28.6. The molecule has 2 aromatic rings. The Morgan fingerprint density at radius 1 is 1.12 bits per heavy atom. The summed E-state index contributed by atoms with van der Waals surface area (Å²) in [6.45, 7) is 1.71. The number of nitrogens with zero attached hydrogens (tertiary/aromatic N) is 2. The molecule has 1 unspecified atom stereocenters. The summed E-state index contributed by atoms with van der Waals surface area (Å²) in [7, 11) is 3.46. The number of nitrogens with one attached hydrogen (secondary N) is 1. The number of halogens is 1. The predicted octanol–water partition coefficient (Wildman–Crippen LogP) is 2.41. The van der Waals surface area contributed by atoms with E-state index in [2.05, 4.69) is 5.32 Å². The Morgan fingerprint density at radius 2 is 1.88 bits per heavy atom. The van der Waals surface area contributed by atoms with Gasteiger partial charge in [0.2, 0.25) is 0 Å². The third-order valence-corrected chi connectivity index (χ3v) is 4.43. The van der Waals surface area contributed by atoms with E-state index in [1.807, 2.05) is 19.2 Å². The molecule has 1 aromatic heterocycles. The fraction of sp³-hybridized carbons (Fsp3) is 0.333. The molecule has 0 aliphatic carbocycles. The number of hydrogen-bond acceptors (Lipinski definition) is 4. The van der Waals surface area contributed by atoms with Crippen LogP contribution in [0.25, 0.3) is 0 Å². The molecule has 1 aliphatic rings. The van der Waals surface area contributed by atoms with Crippen LogP contribution < -0.4 is 10.2 Å². The van der Waals surface area contributed by atoms with E-state index in [4.69, 9.17) is 4.42 Å². The lowest BCUT2D eigenvalue weighted by Crippen LogP contribution is -2.39. The van der Waals surface area contributed by atoms with Crippen LogP contribution in [0.2, 0.25) is 0 Å². The standard InChI is InChI=1S/C18H21N3O3.ClH/c1-20(13-9-10-19-12-13)17(22)14-6-3-4-7-15(14)21(2)18(23)16-8-5-11-24-16;/h3-8,11,13,19H,9-10,12H2,1-2H3;1H. The maximum Gasteiger partial charge on any atom is 0.293 e. The fourth-order valence-electron chi connectivity index (χ4n) is 2.95. The lowest BCUT2D eigenvalue weighted by Gasteiger charge is -2.26. The Labute approximate surface area is 153 Å². The topological polar surface area (TPSA) is 65.8 Å². The predicted molar refractivity (Wildman–Crippen MR) is 98.5 cm³/mol. The second-order valence-electron chi connectivity index (χ2n) is 5.92. The molecule has 6 nitrogen and oxygen atoms in total. The van der Waals surface area contributed by atoms with Crippen molar-refractivity contribution in [2.45, 2.75) is 12.5 Å². The molecular formula is C18H22ClN3O3. The van der Waals surface area contributed by atoms with Crippen LogP contribution in [0.3, 0.4) is 0 Å². The first-order valence-electron chi connectivity index (χ1n) is 7.98. The highest BCUT2D eigenvalue weighted by molar-refractivity contribution is 6.09. The molecule has 1 aromatic carbocycles. The largest absolute Gasteiger partial charge is 0.459 e. The van der Waals surface area contributed by atoms with Crippen LogP contribution in [0, 0.1) is 0 Å². The average Bonchev–Trinajstić information content (AvgIpc) is 3.32. The first kappa shape index (κ1) is 19.0. The molecular weight excluding hydrogens is 342 g/mol. The van der Waals surface area contributed by atoms with E-state index in [0.717, 1.165) is 19.5 Å². The minimum absolute atomic E-state index is 0. The normalized spacial score (nSPS) is 16.2. The molecule has 1 fully saturated rings. The van der Waals surface area contributed by atoms with Crippen LogP contribution in [0.5, 0.6) is 0 Å². The smallest absolute Gasteiger partial charge is 0.293 e. The van der Waals surface area contributed by atoms with Crippen molar-refractivity contribution in [1.82, 2.24) is 10.2 Å². The van der Waals surface area contributed by atoms with Gasteiger partial charge in [-0.3, -0.25) is 9.59 Å². The highest BCUT2D eigenvalue weighted by atomic mass is 35.5. The molecule has 0 saturated carbocycles. The number of benzene rings is 1. The number of para-hydroxylation sites is 1. The van der Waals surface area contributed by atoms with Gasteiger partial charge < -0.3 is 19.5 Å². The van der Waals surface area contributed by atoms with E-state index >= 15 is 0 Å².